The molecule has 3 atom stereocenters. The van der Waals surface area contributed by atoms with Gasteiger partial charge in [0.15, 0.2) is 0 Å². The van der Waals surface area contributed by atoms with Crippen molar-refractivity contribution in [3.8, 4) is 0 Å². The van der Waals surface area contributed by atoms with E-state index in [-0.39, 0.29) is 12.1 Å². The van der Waals surface area contributed by atoms with Crippen LogP contribution in [0, 0.1) is 0 Å². The molecule has 0 aromatic heterocycles. The van der Waals surface area contributed by atoms with Gasteiger partial charge >= 0.3 is 0 Å². The zero-order valence-corrected chi connectivity index (χ0v) is 8.55. The lowest BCUT2D eigenvalue weighted by atomic mass is 10.0. The van der Waals surface area contributed by atoms with Crippen molar-refractivity contribution in [3.05, 3.63) is 12.2 Å². The molecule has 0 saturated carbocycles. The zero-order valence-electron chi connectivity index (χ0n) is 8.55. The molecule has 76 valence electrons. The maximum atomic E-state index is 5.73. The molecule has 0 aliphatic carbocycles. The Hall–Kier alpha value is -0.380. The Kier molecular flexibility index (Phi) is 3.90. The first-order chi connectivity index (χ1) is 6.13. The van der Waals surface area contributed by atoms with Crippen LogP contribution in [0.25, 0.3) is 0 Å². The summed E-state index contributed by atoms with van der Waals surface area (Å²) in [6.07, 6.45) is 3.78. The SMILES string of the molecule is C=C(C)CC(NN)C1CCC(C)O1. The van der Waals surface area contributed by atoms with E-state index in [0.717, 1.165) is 24.8 Å². The molecular weight excluding hydrogens is 164 g/mol. The lowest BCUT2D eigenvalue weighted by Crippen LogP contribution is -2.44. The Morgan fingerprint density at radius 2 is 2.38 bits per heavy atom. The van der Waals surface area contributed by atoms with Gasteiger partial charge in [-0.15, -0.1) is 6.58 Å². The van der Waals surface area contributed by atoms with Crippen molar-refractivity contribution >= 4 is 0 Å². The quantitative estimate of drug-likeness (QED) is 0.394. The van der Waals surface area contributed by atoms with Gasteiger partial charge in [0.05, 0.1) is 18.2 Å². The van der Waals surface area contributed by atoms with E-state index in [0.29, 0.717) is 6.10 Å². The van der Waals surface area contributed by atoms with Crippen LogP contribution in [0.15, 0.2) is 12.2 Å². The van der Waals surface area contributed by atoms with Crippen LogP contribution >= 0.6 is 0 Å². The minimum absolute atomic E-state index is 0.224. The molecule has 1 heterocycles. The van der Waals surface area contributed by atoms with Gasteiger partial charge in [0.25, 0.3) is 0 Å². The molecule has 0 bridgehead atoms. The summed E-state index contributed by atoms with van der Waals surface area (Å²) in [5.74, 6) is 5.48. The topological polar surface area (TPSA) is 47.3 Å². The van der Waals surface area contributed by atoms with Gasteiger partial charge in [-0.2, -0.15) is 0 Å². The molecule has 1 fully saturated rings. The van der Waals surface area contributed by atoms with Gasteiger partial charge in [-0.3, -0.25) is 11.3 Å². The molecule has 13 heavy (non-hydrogen) atoms. The zero-order chi connectivity index (χ0) is 9.84. The second-order valence-corrected chi connectivity index (χ2v) is 4.00. The highest BCUT2D eigenvalue weighted by atomic mass is 16.5. The Labute approximate surface area is 80.3 Å². The van der Waals surface area contributed by atoms with E-state index in [1.165, 1.54) is 0 Å². The van der Waals surface area contributed by atoms with Crippen molar-refractivity contribution < 1.29 is 4.74 Å². The standard InChI is InChI=1S/C10H20N2O/c1-7(2)6-9(12-11)10-5-4-8(3)13-10/h8-10,12H,1,4-6,11H2,2-3H3. The highest BCUT2D eigenvalue weighted by Gasteiger charge is 2.28. The third kappa shape index (κ3) is 3.10. The molecule has 0 radical (unpaired) electrons. The van der Waals surface area contributed by atoms with Gasteiger partial charge in [0.2, 0.25) is 0 Å². The first kappa shape index (κ1) is 10.7. The van der Waals surface area contributed by atoms with Crippen LogP contribution in [0.3, 0.4) is 0 Å². The van der Waals surface area contributed by atoms with Crippen molar-refractivity contribution in [2.24, 2.45) is 5.84 Å². The Morgan fingerprint density at radius 1 is 1.69 bits per heavy atom. The van der Waals surface area contributed by atoms with Crippen molar-refractivity contribution in [2.45, 2.75) is 51.4 Å². The molecule has 1 aliphatic heterocycles. The third-order valence-electron chi connectivity index (χ3n) is 2.50. The predicted molar refractivity (Wildman–Crippen MR) is 54.1 cm³/mol. The normalized spacial score (nSPS) is 30.4. The van der Waals surface area contributed by atoms with Gasteiger partial charge in [0, 0.05) is 0 Å². The summed E-state index contributed by atoms with van der Waals surface area (Å²) >= 11 is 0. The van der Waals surface area contributed by atoms with Crippen molar-refractivity contribution in [1.29, 1.82) is 0 Å². The fourth-order valence-corrected chi connectivity index (χ4v) is 1.80. The molecule has 3 heteroatoms. The van der Waals surface area contributed by atoms with Gasteiger partial charge in [-0.05, 0) is 33.1 Å². The summed E-state index contributed by atoms with van der Waals surface area (Å²) in [6, 6.07) is 0.224. The second-order valence-electron chi connectivity index (χ2n) is 4.00. The average molecular weight is 184 g/mol. The Morgan fingerprint density at radius 3 is 2.77 bits per heavy atom. The number of hydrazine groups is 1. The molecule has 0 spiro atoms. The highest BCUT2D eigenvalue weighted by molar-refractivity contribution is 4.96. The Bertz CT molecular complexity index is 182. The van der Waals surface area contributed by atoms with Crippen LogP contribution in [-0.2, 0) is 4.74 Å². The Balaban J connectivity index is 2.42. The summed E-state index contributed by atoms with van der Waals surface area (Å²) < 4.78 is 5.73. The van der Waals surface area contributed by atoms with Crippen molar-refractivity contribution in [3.63, 3.8) is 0 Å². The maximum absolute atomic E-state index is 5.73. The lowest BCUT2D eigenvalue weighted by molar-refractivity contribution is 0.0321. The largest absolute Gasteiger partial charge is 0.374 e. The van der Waals surface area contributed by atoms with E-state index in [1.807, 2.05) is 6.92 Å². The molecule has 1 aliphatic rings. The van der Waals surface area contributed by atoms with Crippen LogP contribution < -0.4 is 11.3 Å². The lowest BCUT2D eigenvalue weighted by Gasteiger charge is -2.22. The van der Waals surface area contributed by atoms with Crippen LogP contribution in [0.1, 0.15) is 33.1 Å². The van der Waals surface area contributed by atoms with Crippen molar-refractivity contribution in [2.75, 3.05) is 0 Å². The molecule has 1 saturated heterocycles. The first-order valence-electron chi connectivity index (χ1n) is 4.89. The minimum Gasteiger partial charge on any atom is -0.374 e. The van der Waals surface area contributed by atoms with Gasteiger partial charge in [-0.25, -0.2) is 0 Å². The molecule has 3 nitrogen and oxygen atoms in total. The summed E-state index contributed by atoms with van der Waals surface area (Å²) in [5, 5.41) is 0. The molecule has 1 rings (SSSR count). The van der Waals surface area contributed by atoms with E-state index in [2.05, 4.69) is 18.9 Å². The molecule has 3 unspecified atom stereocenters. The number of rotatable bonds is 4. The summed E-state index contributed by atoms with van der Waals surface area (Å²) in [5.41, 5.74) is 3.95. The molecule has 0 amide bonds. The number of ether oxygens (including phenoxy) is 1. The number of nitrogens with two attached hydrogens (primary N) is 1. The van der Waals surface area contributed by atoms with Gasteiger partial charge in [0.1, 0.15) is 0 Å². The van der Waals surface area contributed by atoms with Crippen LogP contribution in [0.5, 0.6) is 0 Å². The summed E-state index contributed by atoms with van der Waals surface area (Å²) in [4.78, 5) is 0. The van der Waals surface area contributed by atoms with E-state index in [9.17, 15) is 0 Å². The molecule has 0 aromatic rings. The van der Waals surface area contributed by atoms with Crippen LogP contribution in [-0.4, -0.2) is 18.2 Å². The van der Waals surface area contributed by atoms with Crippen molar-refractivity contribution in [1.82, 2.24) is 5.43 Å². The van der Waals surface area contributed by atoms with Gasteiger partial charge < -0.3 is 4.74 Å². The average Bonchev–Trinajstić information content (AvgIpc) is 2.47. The van der Waals surface area contributed by atoms with E-state index < -0.39 is 0 Å². The molecular formula is C10H20N2O. The monoisotopic (exact) mass is 184 g/mol. The van der Waals surface area contributed by atoms with Crippen LogP contribution in [0.4, 0.5) is 0 Å². The number of nitrogens with one attached hydrogen (secondary N) is 1. The predicted octanol–water partition coefficient (Wildman–Crippen LogP) is 1.35. The van der Waals surface area contributed by atoms with E-state index >= 15 is 0 Å². The minimum atomic E-state index is 0.224. The number of hydrogen-bond acceptors (Lipinski definition) is 3. The molecule has 3 N–H and O–H groups in total. The molecule has 0 aromatic carbocycles. The maximum Gasteiger partial charge on any atom is 0.0749 e. The first-order valence-corrected chi connectivity index (χ1v) is 4.89. The highest BCUT2D eigenvalue weighted by Crippen LogP contribution is 2.23. The smallest absolute Gasteiger partial charge is 0.0749 e. The summed E-state index contributed by atoms with van der Waals surface area (Å²) in [7, 11) is 0. The summed E-state index contributed by atoms with van der Waals surface area (Å²) in [6.45, 7) is 8.00. The van der Waals surface area contributed by atoms with Gasteiger partial charge in [-0.1, -0.05) is 5.57 Å². The second kappa shape index (κ2) is 4.74. The van der Waals surface area contributed by atoms with E-state index in [4.69, 9.17) is 10.6 Å². The fourth-order valence-electron chi connectivity index (χ4n) is 1.80. The van der Waals surface area contributed by atoms with Crippen LogP contribution in [0.2, 0.25) is 0 Å². The number of hydrogen-bond donors (Lipinski definition) is 2. The van der Waals surface area contributed by atoms with E-state index in [1.54, 1.807) is 0 Å². The third-order valence-corrected chi connectivity index (χ3v) is 2.50. The fraction of sp³-hybridized carbons (Fsp3) is 0.800.